The van der Waals surface area contributed by atoms with Gasteiger partial charge in [-0.2, -0.15) is 0 Å². The summed E-state index contributed by atoms with van der Waals surface area (Å²) in [5.74, 6) is 0. The van der Waals surface area contributed by atoms with Gasteiger partial charge in [-0.1, -0.05) is 13.3 Å². The van der Waals surface area contributed by atoms with Crippen LogP contribution in [-0.2, 0) is 9.47 Å². The quantitative estimate of drug-likeness (QED) is 0.545. The van der Waals surface area contributed by atoms with Crippen molar-refractivity contribution in [2.24, 2.45) is 0 Å². The molecule has 0 rings (SSSR count). The maximum atomic E-state index is 5.58. The Morgan fingerprint density at radius 1 is 1.00 bits per heavy atom. The molecule has 2 nitrogen and oxygen atoms in total. The molecule has 2 heteroatoms. The summed E-state index contributed by atoms with van der Waals surface area (Å²) in [4.78, 5) is 0. The second kappa shape index (κ2) is 8.52. The summed E-state index contributed by atoms with van der Waals surface area (Å²) in [6, 6.07) is 0. The number of unbranched alkanes of at least 4 members (excludes halogenated alkanes) is 1. The van der Waals surface area contributed by atoms with Gasteiger partial charge in [0.15, 0.2) is 0 Å². The van der Waals surface area contributed by atoms with Gasteiger partial charge in [-0.3, -0.25) is 0 Å². The van der Waals surface area contributed by atoms with Crippen LogP contribution in [-0.4, -0.2) is 25.4 Å². The summed E-state index contributed by atoms with van der Waals surface area (Å²) < 4.78 is 11.0. The third-order valence-corrected chi connectivity index (χ3v) is 1.88. The predicted octanol–water partition coefficient (Wildman–Crippen LogP) is 3.01. The molecule has 0 aromatic carbocycles. The third kappa shape index (κ3) is 9.84. The van der Waals surface area contributed by atoms with Crippen LogP contribution >= 0.6 is 0 Å². The molecule has 0 aliphatic carbocycles. The van der Waals surface area contributed by atoms with Crippen LogP contribution in [0.5, 0.6) is 0 Å². The monoisotopic (exact) mass is 188 g/mol. The Labute approximate surface area is 82.6 Å². The summed E-state index contributed by atoms with van der Waals surface area (Å²) >= 11 is 0. The normalized spacial score (nSPS) is 13.6. The van der Waals surface area contributed by atoms with E-state index in [0.717, 1.165) is 26.1 Å². The highest BCUT2D eigenvalue weighted by Crippen LogP contribution is 2.01. The molecular formula is C11H24O2. The first-order valence-corrected chi connectivity index (χ1v) is 5.40. The van der Waals surface area contributed by atoms with Crippen molar-refractivity contribution in [2.45, 2.75) is 59.2 Å². The molecule has 0 saturated carbocycles. The number of hydrogen-bond acceptors (Lipinski definition) is 2. The molecule has 0 saturated heterocycles. The predicted molar refractivity (Wildman–Crippen MR) is 56.0 cm³/mol. The Bertz CT molecular complexity index is 102. The van der Waals surface area contributed by atoms with E-state index in [1.54, 1.807) is 0 Å². The molecule has 13 heavy (non-hydrogen) atoms. The summed E-state index contributed by atoms with van der Waals surface area (Å²) in [5, 5.41) is 0. The van der Waals surface area contributed by atoms with E-state index in [1.165, 1.54) is 6.42 Å². The summed E-state index contributed by atoms with van der Waals surface area (Å²) in [6.45, 7) is 10.1. The number of hydrogen-bond donors (Lipinski definition) is 0. The van der Waals surface area contributed by atoms with Gasteiger partial charge in [-0.05, 0) is 33.6 Å². The van der Waals surface area contributed by atoms with E-state index in [9.17, 15) is 0 Å². The zero-order valence-corrected chi connectivity index (χ0v) is 9.51. The van der Waals surface area contributed by atoms with Crippen LogP contribution in [0.1, 0.15) is 47.0 Å². The largest absolute Gasteiger partial charge is 0.379 e. The van der Waals surface area contributed by atoms with E-state index in [-0.39, 0.29) is 0 Å². The molecule has 0 N–H and O–H groups in total. The van der Waals surface area contributed by atoms with Gasteiger partial charge >= 0.3 is 0 Å². The summed E-state index contributed by atoms with van der Waals surface area (Å²) in [7, 11) is 0. The molecule has 1 atom stereocenters. The Kier molecular flexibility index (Phi) is 8.46. The summed E-state index contributed by atoms with van der Waals surface area (Å²) in [6.07, 6.45) is 4.04. The molecule has 0 aliphatic rings. The first-order chi connectivity index (χ1) is 6.16. The molecule has 0 heterocycles. The lowest BCUT2D eigenvalue weighted by Gasteiger charge is -2.13. The van der Waals surface area contributed by atoms with Gasteiger partial charge in [0.25, 0.3) is 0 Å². The Morgan fingerprint density at radius 2 is 1.69 bits per heavy atom. The topological polar surface area (TPSA) is 18.5 Å². The van der Waals surface area contributed by atoms with E-state index in [0.29, 0.717) is 12.2 Å². The van der Waals surface area contributed by atoms with Crippen molar-refractivity contribution in [1.82, 2.24) is 0 Å². The molecule has 80 valence electrons. The van der Waals surface area contributed by atoms with Crippen LogP contribution in [0.25, 0.3) is 0 Å². The Morgan fingerprint density at radius 3 is 2.23 bits per heavy atom. The average molecular weight is 188 g/mol. The third-order valence-electron chi connectivity index (χ3n) is 1.88. The van der Waals surface area contributed by atoms with Gasteiger partial charge < -0.3 is 9.47 Å². The minimum absolute atomic E-state index is 0.336. The van der Waals surface area contributed by atoms with Gasteiger partial charge in [0, 0.05) is 13.2 Å². The molecule has 0 amide bonds. The van der Waals surface area contributed by atoms with Crippen molar-refractivity contribution in [3.63, 3.8) is 0 Å². The molecule has 0 radical (unpaired) electrons. The highest BCUT2D eigenvalue weighted by atomic mass is 16.5. The minimum Gasteiger partial charge on any atom is -0.379 e. The molecule has 0 aliphatic heterocycles. The van der Waals surface area contributed by atoms with Gasteiger partial charge in [0.05, 0.1) is 12.2 Å². The van der Waals surface area contributed by atoms with Gasteiger partial charge in [-0.15, -0.1) is 0 Å². The van der Waals surface area contributed by atoms with E-state index in [4.69, 9.17) is 9.47 Å². The van der Waals surface area contributed by atoms with Crippen LogP contribution in [0.15, 0.2) is 0 Å². The van der Waals surface area contributed by atoms with Crippen LogP contribution in [0.4, 0.5) is 0 Å². The van der Waals surface area contributed by atoms with Crippen LogP contribution in [0, 0.1) is 0 Å². The maximum absolute atomic E-state index is 5.58. The zero-order chi connectivity index (χ0) is 10.1. The van der Waals surface area contributed by atoms with Crippen LogP contribution in [0.2, 0.25) is 0 Å². The number of rotatable bonds is 8. The van der Waals surface area contributed by atoms with E-state index >= 15 is 0 Å². The molecule has 0 aromatic heterocycles. The average Bonchev–Trinajstić information content (AvgIpc) is 2.04. The van der Waals surface area contributed by atoms with Crippen molar-refractivity contribution in [2.75, 3.05) is 13.2 Å². The fourth-order valence-corrected chi connectivity index (χ4v) is 0.982. The molecule has 1 unspecified atom stereocenters. The van der Waals surface area contributed by atoms with Crippen molar-refractivity contribution in [3.8, 4) is 0 Å². The molecule has 0 spiro atoms. The van der Waals surface area contributed by atoms with Gasteiger partial charge in [0.2, 0.25) is 0 Å². The lowest BCUT2D eigenvalue weighted by Crippen LogP contribution is -2.14. The molecule has 0 aromatic rings. The molecule has 0 fully saturated rings. The highest BCUT2D eigenvalue weighted by Gasteiger charge is 2.02. The summed E-state index contributed by atoms with van der Waals surface area (Å²) in [5.41, 5.74) is 0. The Hall–Kier alpha value is -0.0800. The van der Waals surface area contributed by atoms with Crippen molar-refractivity contribution < 1.29 is 9.47 Å². The SMILES string of the molecule is CCCCOC(C)CCOC(C)C. The van der Waals surface area contributed by atoms with Crippen molar-refractivity contribution in [3.05, 3.63) is 0 Å². The van der Waals surface area contributed by atoms with Crippen LogP contribution in [0.3, 0.4) is 0 Å². The molecular weight excluding hydrogens is 164 g/mol. The van der Waals surface area contributed by atoms with Gasteiger partial charge in [-0.25, -0.2) is 0 Å². The molecule has 0 bridgehead atoms. The maximum Gasteiger partial charge on any atom is 0.0568 e. The van der Waals surface area contributed by atoms with E-state index < -0.39 is 0 Å². The second-order valence-corrected chi connectivity index (χ2v) is 3.74. The standard InChI is InChI=1S/C11H24O2/c1-5-6-8-13-11(4)7-9-12-10(2)3/h10-11H,5-9H2,1-4H3. The second-order valence-electron chi connectivity index (χ2n) is 3.74. The first-order valence-electron chi connectivity index (χ1n) is 5.40. The first kappa shape index (κ1) is 12.9. The Balaban J connectivity index is 3.15. The fourth-order valence-electron chi connectivity index (χ4n) is 0.982. The highest BCUT2D eigenvalue weighted by molar-refractivity contribution is 4.50. The smallest absolute Gasteiger partial charge is 0.0568 e. The lowest BCUT2D eigenvalue weighted by molar-refractivity contribution is 0.0150. The fraction of sp³-hybridized carbons (Fsp3) is 1.00. The zero-order valence-electron chi connectivity index (χ0n) is 9.51. The van der Waals surface area contributed by atoms with Crippen LogP contribution < -0.4 is 0 Å². The van der Waals surface area contributed by atoms with Gasteiger partial charge in [0.1, 0.15) is 0 Å². The number of ether oxygens (including phenoxy) is 2. The van der Waals surface area contributed by atoms with Crippen molar-refractivity contribution >= 4 is 0 Å². The van der Waals surface area contributed by atoms with E-state index in [1.807, 2.05) is 0 Å². The lowest BCUT2D eigenvalue weighted by atomic mass is 10.3. The minimum atomic E-state index is 0.336. The van der Waals surface area contributed by atoms with Crippen molar-refractivity contribution in [1.29, 1.82) is 0 Å². The van der Waals surface area contributed by atoms with E-state index in [2.05, 4.69) is 27.7 Å².